The van der Waals surface area contributed by atoms with Gasteiger partial charge < -0.3 is 9.29 Å². The summed E-state index contributed by atoms with van der Waals surface area (Å²) in [5.41, 5.74) is 12.8. The van der Waals surface area contributed by atoms with E-state index in [0.717, 1.165) is 119 Å². The third-order valence-corrected chi connectivity index (χ3v) is 36.7. The van der Waals surface area contributed by atoms with Gasteiger partial charge >= 0.3 is 16.7 Å². The fourth-order valence-corrected chi connectivity index (χ4v) is 29.8. The lowest BCUT2D eigenvalue weighted by molar-refractivity contribution is -0.156. The van der Waals surface area contributed by atoms with Crippen molar-refractivity contribution in [2.24, 2.45) is 5.92 Å². The van der Waals surface area contributed by atoms with Crippen LogP contribution in [0.4, 0.5) is 57.1 Å². The summed E-state index contributed by atoms with van der Waals surface area (Å²) in [6, 6.07) is 116. The first kappa shape index (κ1) is 103. The van der Waals surface area contributed by atoms with E-state index in [1.807, 2.05) is 195 Å². The Morgan fingerprint density at radius 2 is 0.687 bits per heavy atom. The molecule has 147 heavy (non-hydrogen) atoms. The first-order chi connectivity index (χ1) is 69.9. The molecule has 748 valence electrons. The maximum absolute atomic E-state index is 14.5. The van der Waals surface area contributed by atoms with Crippen LogP contribution in [-0.4, -0.2) is 77.5 Å². The molecule has 1 heterocycles. The van der Waals surface area contributed by atoms with Crippen molar-refractivity contribution in [1.82, 2.24) is 0 Å². The molecule has 0 saturated heterocycles. The van der Waals surface area contributed by atoms with Crippen molar-refractivity contribution in [3.8, 4) is 4.90 Å². The van der Waals surface area contributed by atoms with Crippen LogP contribution in [0.2, 0.25) is 0 Å². The predicted molar refractivity (Wildman–Crippen MR) is 548 cm³/mol. The number of hydrogen-bond donors (Lipinski definition) is 0. The zero-order chi connectivity index (χ0) is 104. The average Bonchev–Trinajstić information content (AvgIpc) is 0.676. The van der Waals surface area contributed by atoms with Gasteiger partial charge in [0, 0.05) is 83.8 Å². The maximum atomic E-state index is 14.5. The lowest BCUT2D eigenvalue weighted by Gasteiger charge is -2.51. The largest absolute Gasteiger partial charge is 0.743 e. The molecule has 0 aliphatic heterocycles. The van der Waals surface area contributed by atoms with Gasteiger partial charge in [-0.2, -0.15) is 8.78 Å². The minimum absolute atomic E-state index is 0.0660. The van der Waals surface area contributed by atoms with E-state index < -0.39 is 137 Å². The third kappa shape index (κ3) is 20.0. The molecule has 2 unspecified atom stereocenters. The molecule has 2 atom stereocenters. The second-order valence-electron chi connectivity index (χ2n) is 36.9. The third-order valence-electron chi connectivity index (χ3n) is 27.2. The number of fused-ring (bicyclic) bond motifs is 3. The normalized spacial score (nSPS) is 17.9. The molecule has 9 aliphatic carbocycles. The number of hydrogen-bond acceptors (Lipinski definition) is 10. The molecular weight excluding hydrogens is 2020 g/mol. The molecule has 10 nitrogen and oxygen atoms in total. The Balaban J connectivity index is 0.000000116. The molecule has 0 fully saturated rings. The summed E-state index contributed by atoms with van der Waals surface area (Å²) in [5, 5.41) is -2.95. The number of ether oxygens (including phenoxy) is 1. The van der Waals surface area contributed by atoms with E-state index in [1.54, 1.807) is 66.7 Å². The Bertz CT molecular complexity index is 7750. The summed E-state index contributed by atoms with van der Waals surface area (Å²) < 4.78 is 267. The van der Waals surface area contributed by atoms with Crippen LogP contribution in [-0.2, 0) is 71.9 Å². The van der Waals surface area contributed by atoms with Crippen molar-refractivity contribution >= 4 is 88.2 Å². The maximum Gasteiger partial charge on any atom is 0.586 e. The van der Waals surface area contributed by atoms with Gasteiger partial charge in [-0.15, -0.1) is 13.2 Å². The van der Waals surface area contributed by atoms with E-state index in [0.29, 0.717) is 33.6 Å². The molecule has 0 saturated carbocycles. The Kier molecular flexibility index (Phi) is 28.6. The zero-order valence-electron chi connectivity index (χ0n) is 79.0. The number of benzene rings is 16. The van der Waals surface area contributed by atoms with Crippen molar-refractivity contribution in [3.63, 3.8) is 0 Å². The molecule has 26 rings (SSSR count). The Labute approximate surface area is 850 Å². The highest BCUT2D eigenvalue weighted by atomic mass is 32.2. The lowest BCUT2D eigenvalue weighted by Crippen LogP contribution is -2.45. The number of halogens is 13. The van der Waals surface area contributed by atoms with E-state index in [2.05, 4.69) is 83.6 Å². The van der Waals surface area contributed by atoms with Gasteiger partial charge in [0.05, 0.1) is 38.4 Å². The van der Waals surface area contributed by atoms with Crippen LogP contribution in [0.5, 0.6) is 0 Å². The van der Waals surface area contributed by atoms with Crippen LogP contribution in [0.3, 0.4) is 0 Å². The minimum atomic E-state index is -5.90. The molecule has 0 N–H and O–H groups in total. The van der Waals surface area contributed by atoms with Crippen LogP contribution >= 0.6 is 10.5 Å². The number of esters is 1. The second kappa shape index (κ2) is 40.6. The van der Waals surface area contributed by atoms with Gasteiger partial charge in [0.25, 0.3) is 0 Å². The topological polar surface area (TPSA) is 169 Å². The summed E-state index contributed by atoms with van der Waals surface area (Å²) in [5.74, 6) is -12.7. The molecule has 17 aromatic rings. The van der Waals surface area contributed by atoms with Crippen LogP contribution < -0.4 is 5.43 Å². The van der Waals surface area contributed by atoms with E-state index in [4.69, 9.17) is 0 Å². The van der Waals surface area contributed by atoms with Crippen LogP contribution in [0.25, 0.3) is 25.1 Å². The summed E-state index contributed by atoms with van der Waals surface area (Å²) in [6.45, 7) is 2.34. The Morgan fingerprint density at radius 1 is 0.381 bits per heavy atom. The Hall–Kier alpha value is -13.5. The molecular formula is C118H91F13O10S6+2. The molecule has 6 bridgehead atoms. The predicted octanol–water partition coefficient (Wildman–Crippen LogP) is 28.5. The monoisotopic (exact) mass is 2110 g/mol. The molecule has 29 heteroatoms. The van der Waals surface area contributed by atoms with Crippen LogP contribution in [0.1, 0.15) is 151 Å². The van der Waals surface area contributed by atoms with Crippen LogP contribution in [0.15, 0.2) is 421 Å². The van der Waals surface area contributed by atoms with Gasteiger partial charge in [-0.25, -0.2) is 60.4 Å². The van der Waals surface area contributed by atoms with E-state index >= 15 is 0 Å². The molecule has 1 aromatic heterocycles. The van der Waals surface area contributed by atoms with E-state index in [-0.39, 0.29) is 62.2 Å². The van der Waals surface area contributed by atoms with Gasteiger partial charge in [0.1, 0.15) is 33.1 Å². The minimum Gasteiger partial charge on any atom is -0.743 e. The van der Waals surface area contributed by atoms with E-state index in [9.17, 15) is 96.5 Å². The molecule has 16 aromatic carbocycles. The molecule has 9 aliphatic rings. The van der Waals surface area contributed by atoms with Gasteiger partial charge in [0.15, 0.2) is 86.1 Å². The summed E-state index contributed by atoms with van der Waals surface area (Å²) in [6.07, 6.45) is 1.27. The van der Waals surface area contributed by atoms with Crippen molar-refractivity contribution in [2.45, 2.75) is 131 Å². The number of carbonyl (C=O) groups excluding carboxylic acids is 1. The van der Waals surface area contributed by atoms with Crippen LogP contribution in [0, 0.1) is 36.1 Å². The van der Waals surface area contributed by atoms with Crippen molar-refractivity contribution in [1.29, 1.82) is 0 Å². The van der Waals surface area contributed by atoms with Gasteiger partial charge in [-0.05, 0) is 195 Å². The standard InChI is InChI=1S/2C23H18F2.C20H15F4O4S3.C20H15OS.C19H16F2O5S.C13H10F3S/c2*1-22(24,25)14-23-18-11-5-2-8-15(18)21(16-9-3-6-12-19(16)23)17-10-4-7-13-20(17)23;1-30(25,26)19-15(21)8-13(9-16(19)22)29(12-6-4-3-5-7-12)14-10-17(23)20(18(24)11-14)31(2,27)28;1-14-11-12-19-17(13-14)20(21)16-9-5-6-10-18(16)22(19)15-7-3-2-4-8-15;20-19(21,27(23,24)25)10-26-18(22)16-9-15-11-5-1-3-7-13(11)17(16)14-8-4-2-6-12(14)15;14-13(15,16)17(11-7-3-1-4-8-11)12-9-5-2-6-10-12/h2*2-13,21H,14H2,1H3;3-11H,1-2H3;2-13H,1H3;1-8,15-17H,9-10H2,(H,23,24,25);1-10H/q;;2*+1;;+1/p-1. The van der Waals surface area contributed by atoms with Crippen molar-refractivity contribution in [2.75, 3.05) is 19.1 Å². The summed E-state index contributed by atoms with van der Waals surface area (Å²) >= 11 is 0. The highest BCUT2D eigenvalue weighted by Crippen LogP contribution is 2.65. The van der Waals surface area contributed by atoms with E-state index in [1.165, 1.54) is 62.5 Å². The average molecular weight is 2110 g/mol. The highest BCUT2D eigenvalue weighted by Gasteiger charge is 2.58. The number of carbonyl (C=O) groups is 1. The zero-order valence-corrected chi connectivity index (χ0v) is 83.9. The molecule has 0 radical (unpaired) electrons. The quantitative estimate of drug-likeness (QED) is 0.0298. The highest BCUT2D eigenvalue weighted by molar-refractivity contribution is 7.98. The number of sulfone groups is 2. The lowest BCUT2D eigenvalue weighted by atomic mass is 9.51. The first-order valence-electron chi connectivity index (χ1n) is 46.5. The number of alkyl halides is 9. The SMILES string of the molecule is CC(F)(F)CC12c3ccccc3C(c3ccccc31)c1ccccc12.CC(F)(F)CC12c3ccccc3C(c3ccccc31)c1ccccc12.CS(=O)(=O)c1c(F)cc([S+](c2ccccc2)c2cc(F)c(S(C)(=O)=O)c(F)c2)cc1F.Cc1ccc2c(c1)c(=O)c1ccccc1[s+]2-c1ccccc1.FC(F)(F)[S+](c1ccccc1)c1ccccc1.O=C(OCC(F)(F)S(=O)(=O)[O-])C1CC2c3ccccc3C1c1ccccc12. The number of aryl methyl sites for hydroxylation is 1. The molecule has 0 spiro atoms. The van der Waals surface area contributed by atoms with Gasteiger partial charge in [-0.1, -0.05) is 285 Å². The smallest absolute Gasteiger partial charge is 0.586 e. The van der Waals surface area contributed by atoms with Crippen molar-refractivity contribution < 1.29 is 96.4 Å². The first-order valence-corrected chi connectivity index (χ1v) is 55.4. The van der Waals surface area contributed by atoms with Gasteiger partial charge in [-0.3, -0.25) is 9.59 Å². The summed E-state index contributed by atoms with van der Waals surface area (Å²) in [4.78, 5) is 25.2. The summed E-state index contributed by atoms with van der Waals surface area (Å²) in [7, 11) is -17.9. The Morgan fingerprint density at radius 3 is 1.03 bits per heavy atom. The fourth-order valence-electron chi connectivity index (χ4n) is 21.8. The number of rotatable bonds is 16. The second-order valence-corrected chi connectivity index (χ2v) is 48.4. The van der Waals surface area contributed by atoms with Gasteiger partial charge in [0.2, 0.25) is 17.3 Å². The fraction of sp³-hybridized carbons (Fsp3) is 0.169. The molecule has 0 amide bonds. The van der Waals surface area contributed by atoms with Crippen molar-refractivity contribution in [3.05, 3.63) is 510 Å².